The largest absolute Gasteiger partial charge is 0.382 e. The van der Waals surface area contributed by atoms with Crippen molar-refractivity contribution < 1.29 is 4.74 Å². The zero-order valence-corrected chi connectivity index (χ0v) is 20.5. The molecule has 6 heteroatoms. The maximum absolute atomic E-state index is 5.64. The molecule has 1 saturated heterocycles. The van der Waals surface area contributed by atoms with Crippen LogP contribution in [0.5, 0.6) is 0 Å². The van der Waals surface area contributed by atoms with Crippen molar-refractivity contribution in [2.75, 3.05) is 51.3 Å². The van der Waals surface area contributed by atoms with Gasteiger partial charge in [-0.05, 0) is 56.1 Å². The number of nitrogens with one attached hydrogen (secondary N) is 2. The van der Waals surface area contributed by atoms with E-state index >= 15 is 0 Å². The van der Waals surface area contributed by atoms with Crippen molar-refractivity contribution in [2.45, 2.75) is 45.4 Å². The molecule has 1 heterocycles. The summed E-state index contributed by atoms with van der Waals surface area (Å²) in [6.07, 6.45) is 7.68. The van der Waals surface area contributed by atoms with Crippen LogP contribution in [0.4, 0.5) is 5.69 Å². The molecule has 1 saturated carbocycles. The fourth-order valence-corrected chi connectivity index (χ4v) is 4.68. The Kier molecular flexibility index (Phi) is 10.6. The van der Waals surface area contributed by atoms with Crippen molar-refractivity contribution in [3.63, 3.8) is 0 Å². The fourth-order valence-electron chi connectivity index (χ4n) is 4.68. The lowest BCUT2D eigenvalue weighted by atomic mass is 9.83. The summed E-state index contributed by atoms with van der Waals surface area (Å²) in [5.74, 6) is 1.61. The SMILES string of the molecule is CCOCCC1(CNC(=NC)NCC2CCN(c3ccccc3)C2)CCCC1.I. The normalized spacial score (nSPS) is 21.1. The van der Waals surface area contributed by atoms with E-state index in [0.29, 0.717) is 11.3 Å². The first kappa shape index (κ1) is 24.3. The number of para-hydroxylation sites is 1. The van der Waals surface area contributed by atoms with E-state index in [1.165, 1.54) is 37.8 Å². The number of aliphatic imine (C=N–C) groups is 1. The number of guanidine groups is 1. The van der Waals surface area contributed by atoms with Gasteiger partial charge in [0.25, 0.3) is 0 Å². The fraction of sp³-hybridized carbons (Fsp3) is 0.696. The highest BCUT2D eigenvalue weighted by atomic mass is 127. The van der Waals surface area contributed by atoms with Crippen LogP contribution in [-0.2, 0) is 4.74 Å². The van der Waals surface area contributed by atoms with Gasteiger partial charge in [0.15, 0.2) is 5.96 Å². The Morgan fingerprint density at radius 3 is 2.66 bits per heavy atom. The summed E-state index contributed by atoms with van der Waals surface area (Å²) in [5.41, 5.74) is 1.72. The average molecular weight is 514 g/mol. The van der Waals surface area contributed by atoms with Crippen LogP contribution in [0.1, 0.15) is 45.4 Å². The zero-order chi connectivity index (χ0) is 19.7. The molecule has 29 heavy (non-hydrogen) atoms. The second-order valence-corrected chi connectivity index (χ2v) is 8.40. The van der Waals surface area contributed by atoms with Gasteiger partial charge in [0.05, 0.1) is 0 Å². The summed E-state index contributed by atoms with van der Waals surface area (Å²) in [7, 11) is 1.88. The molecule has 1 unspecified atom stereocenters. The molecule has 2 N–H and O–H groups in total. The van der Waals surface area contributed by atoms with E-state index in [9.17, 15) is 0 Å². The van der Waals surface area contributed by atoms with Crippen molar-refractivity contribution in [3.05, 3.63) is 30.3 Å². The van der Waals surface area contributed by atoms with Gasteiger partial charge in [0.2, 0.25) is 0 Å². The minimum Gasteiger partial charge on any atom is -0.382 e. The molecule has 0 bridgehead atoms. The maximum atomic E-state index is 5.64. The molecule has 1 aromatic carbocycles. The van der Waals surface area contributed by atoms with E-state index in [1.807, 2.05) is 7.05 Å². The lowest BCUT2D eigenvalue weighted by Crippen LogP contribution is -2.45. The smallest absolute Gasteiger partial charge is 0.191 e. The number of halogens is 1. The van der Waals surface area contributed by atoms with Gasteiger partial charge in [-0.25, -0.2) is 0 Å². The molecule has 0 aromatic heterocycles. The third kappa shape index (κ3) is 7.31. The number of benzene rings is 1. The van der Waals surface area contributed by atoms with Gasteiger partial charge in [0.1, 0.15) is 0 Å². The molecule has 1 aromatic rings. The predicted molar refractivity (Wildman–Crippen MR) is 134 cm³/mol. The molecule has 2 aliphatic rings. The van der Waals surface area contributed by atoms with Crippen LogP contribution in [-0.4, -0.2) is 52.4 Å². The van der Waals surface area contributed by atoms with Crippen molar-refractivity contribution in [3.8, 4) is 0 Å². The van der Waals surface area contributed by atoms with E-state index in [4.69, 9.17) is 4.74 Å². The summed E-state index contributed by atoms with van der Waals surface area (Å²) < 4.78 is 5.64. The summed E-state index contributed by atoms with van der Waals surface area (Å²) >= 11 is 0. The number of rotatable bonds is 9. The summed E-state index contributed by atoms with van der Waals surface area (Å²) in [6, 6.07) is 10.7. The Morgan fingerprint density at radius 1 is 1.21 bits per heavy atom. The van der Waals surface area contributed by atoms with Crippen molar-refractivity contribution in [2.24, 2.45) is 16.3 Å². The Hall–Kier alpha value is -1.02. The number of ether oxygens (including phenoxy) is 1. The van der Waals surface area contributed by atoms with Gasteiger partial charge in [-0.15, -0.1) is 24.0 Å². The molecule has 1 aliphatic carbocycles. The Labute approximate surface area is 194 Å². The lowest BCUT2D eigenvalue weighted by molar-refractivity contribution is 0.105. The van der Waals surface area contributed by atoms with Crippen molar-refractivity contribution in [1.82, 2.24) is 10.6 Å². The molecule has 5 nitrogen and oxygen atoms in total. The number of hydrogen-bond donors (Lipinski definition) is 2. The number of hydrogen-bond acceptors (Lipinski definition) is 3. The van der Waals surface area contributed by atoms with Crippen LogP contribution in [0.25, 0.3) is 0 Å². The van der Waals surface area contributed by atoms with Gasteiger partial charge in [-0.3, -0.25) is 4.99 Å². The average Bonchev–Trinajstić information content (AvgIpc) is 3.39. The minimum atomic E-state index is 0. The lowest BCUT2D eigenvalue weighted by Gasteiger charge is -2.30. The Balaban J connectivity index is 0.00000300. The van der Waals surface area contributed by atoms with Gasteiger partial charge in [-0.2, -0.15) is 0 Å². The first-order valence-corrected chi connectivity index (χ1v) is 11.1. The molecule has 3 rings (SSSR count). The molecule has 0 spiro atoms. The highest BCUT2D eigenvalue weighted by Gasteiger charge is 2.33. The third-order valence-electron chi connectivity index (χ3n) is 6.46. The zero-order valence-electron chi connectivity index (χ0n) is 18.2. The van der Waals surface area contributed by atoms with Crippen molar-refractivity contribution >= 4 is 35.6 Å². The van der Waals surface area contributed by atoms with E-state index in [0.717, 1.165) is 51.8 Å². The molecule has 1 atom stereocenters. The third-order valence-corrected chi connectivity index (χ3v) is 6.46. The van der Waals surface area contributed by atoms with E-state index < -0.39 is 0 Å². The van der Waals surface area contributed by atoms with Crippen LogP contribution < -0.4 is 15.5 Å². The van der Waals surface area contributed by atoms with Gasteiger partial charge in [-0.1, -0.05) is 31.0 Å². The Morgan fingerprint density at radius 2 is 1.97 bits per heavy atom. The quantitative estimate of drug-likeness (QED) is 0.224. The minimum absolute atomic E-state index is 0. The van der Waals surface area contributed by atoms with Crippen LogP contribution in [0, 0.1) is 11.3 Å². The Bertz CT molecular complexity index is 604. The van der Waals surface area contributed by atoms with Crippen LogP contribution >= 0.6 is 24.0 Å². The number of anilines is 1. The van der Waals surface area contributed by atoms with Crippen LogP contribution in [0.3, 0.4) is 0 Å². The highest BCUT2D eigenvalue weighted by molar-refractivity contribution is 14.0. The van der Waals surface area contributed by atoms with Gasteiger partial charge >= 0.3 is 0 Å². The molecular formula is C23H39IN4O. The van der Waals surface area contributed by atoms with E-state index in [2.05, 4.69) is 57.8 Å². The van der Waals surface area contributed by atoms with Gasteiger partial charge < -0.3 is 20.3 Å². The van der Waals surface area contributed by atoms with Crippen LogP contribution in [0.2, 0.25) is 0 Å². The first-order valence-electron chi connectivity index (χ1n) is 11.1. The second kappa shape index (κ2) is 12.6. The molecule has 0 radical (unpaired) electrons. The van der Waals surface area contributed by atoms with Crippen molar-refractivity contribution in [1.29, 1.82) is 0 Å². The topological polar surface area (TPSA) is 48.9 Å². The summed E-state index contributed by atoms with van der Waals surface area (Å²) in [4.78, 5) is 6.95. The van der Waals surface area contributed by atoms with E-state index in [-0.39, 0.29) is 24.0 Å². The molecule has 2 fully saturated rings. The van der Waals surface area contributed by atoms with Crippen LogP contribution in [0.15, 0.2) is 35.3 Å². The molecule has 164 valence electrons. The monoisotopic (exact) mass is 514 g/mol. The number of nitrogens with zero attached hydrogens (tertiary/aromatic N) is 2. The van der Waals surface area contributed by atoms with E-state index in [1.54, 1.807) is 0 Å². The predicted octanol–water partition coefficient (Wildman–Crippen LogP) is 4.28. The highest BCUT2D eigenvalue weighted by Crippen LogP contribution is 2.40. The molecular weight excluding hydrogens is 475 g/mol. The van der Waals surface area contributed by atoms with Gasteiger partial charge in [0, 0.05) is 52.1 Å². The first-order chi connectivity index (χ1) is 13.7. The second-order valence-electron chi connectivity index (χ2n) is 8.40. The molecule has 0 amide bonds. The molecule has 1 aliphatic heterocycles. The summed E-state index contributed by atoms with van der Waals surface area (Å²) in [6.45, 7) is 8.01. The maximum Gasteiger partial charge on any atom is 0.191 e. The standard InChI is InChI=1S/C23H38N4O.HI/c1-3-28-16-14-23(12-7-8-13-23)19-26-22(24-2)25-17-20-11-15-27(18-20)21-9-5-4-6-10-21;/h4-6,9-10,20H,3,7-8,11-19H2,1-2H3,(H2,24,25,26);1H. The summed E-state index contributed by atoms with van der Waals surface area (Å²) in [5, 5.41) is 7.19.